The minimum Gasteiger partial charge on any atom is -0.403 e. The maximum absolute atomic E-state index is 12.8. The Balaban J connectivity index is 3.33. The fourth-order valence-corrected chi connectivity index (χ4v) is 1.03. The van der Waals surface area contributed by atoms with Crippen LogP contribution in [0.1, 0.15) is 22.3 Å². The lowest BCUT2D eigenvalue weighted by atomic mass is 10.1. The summed E-state index contributed by atoms with van der Waals surface area (Å²) in [5.41, 5.74) is -2.74. The highest BCUT2D eigenvalue weighted by atomic mass is 19.4. The SMILES string of the molecule is O=Cc1c(OC(F)(F)F)cnc(F)c1C(F)F. The molecule has 0 aliphatic carbocycles. The third-order valence-corrected chi connectivity index (χ3v) is 1.63. The average molecular weight is 259 g/mol. The van der Waals surface area contributed by atoms with Gasteiger partial charge in [0.05, 0.1) is 17.3 Å². The Hall–Kier alpha value is -1.80. The molecule has 1 aromatic heterocycles. The molecule has 17 heavy (non-hydrogen) atoms. The molecule has 0 amide bonds. The van der Waals surface area contributed by atoms with E-state index in [2.05, 4.69) is 9.72 Å². The van der Waals surface area contributed by atoms with Crippen LogP contribution in [0.2, 0.25) is 0 Å². The first-order valence-corrected chi connectivity index (χ1v) is 3.93. The lowest BCUT2D eigenvalue weighted by Crippen LogP contribution is -2.19. The van der Waals surface area contributed by atoms with Crippen LogP contribution >= 0.6 is 0 Å². The highest BCUT2D eigenvalue weighted by molar-refractivity contribution is 5.81. The van der Waals surface area contributed by atoms with Crippen LogP contribution < -0.4 is 4.74 Å². The second kappa shape index (κ2) is 4.60. The number of ether oxygens (including phenoxy) is 1. The van der Waals surface area contributed by atoms with Gasteiger partial charge in [-0.2, -0.15) is 4.39 Å². The molecular weight excluding hydrogens is 256 g/mol. The molecule has 9 heteroatoms. The normalized spacial score (nSPS) is 11.7. The highest BCUT2D eigenvalue weighted by Gasteiger charge is 2.34. The summed E-state index contributed by atoms with van der Waals surface area (Å²) in [5.74, 6) is -3.00. The van der Waals surface area contributed by atoms with Crippen LogP contribution in [0.4, 0.5) is 26.3 Å². The molecule has 0 saturated carbocycles. The van der Waals surface area contributed by atoms with Crippen molar-refractivity contribution in [2.24, 2.45) is 0 Å². The van der Waals surface area contributed by atoms with Crippen molar-refractivity contribution in [2.75, 3.05) is 0 Å². The van der Waals surface area contributed by atoms with E-state index < -0.39 is 35.6 Å². The summed E-state index contributed by atoms with van der Waals surface area (Å²) in [6, 6.07) is 0. The summed E-state index contributed by atoms with van der Waals surface area (Å²) in [5, 5.41) is 0. The molecule has 0 aliphatic heterocycles. The summed E-state index contributed by atoms with van der Waals surface area (Å²) in [6.07, 6.45) is -8.83. The first-order valence-electron chi connectivity index (χ1n) is 3.93. The molecule has 0 aliphatic rings. The number of hydrogen-bond donors (Lipinski definition) is 0. The molecule has 94 valence electrons. The van der Waals surface area contributed by atoms with Gasteiger partial charge in [-0.1, -0.05) is 0 Å². The molecule has 0 bridgehead atoms. The van der Waals surface area contributed by atoms with E-state index in [1.807, 2.05) is 0 Å². The number of rotatable bonds is 3. The quantitative estimate of drug-likeness (QED) is 0.476. The van der Waals surface area contributed by atoms with Gasteiger partial charge in [0.15, 0.2) is 12.0 Å². The van der Waals surface area contributed by atoms with Crippen molar-refractivity contribution >= 4 is 6.29 Å². The molecule has 1 aromatic rings. The molecule has 0 N–H and O–H groups in total. The summed E-state index contributed by atoms with van der Waals surface area (Å²) in [7, 11) is 0. The monoisotopic (exact) mass is 259 g/mol. The second-order valence-electron chi connectivity index (χ2n) is 2.71. The number of hydrogen-bond acceptors (Lipinski definition) is 3. The van der Waals surface area contributed by atoms with Crippen LogP contribution in [0.25, 0.3) is 0 Å². The second-order valence-corrected chi connectivity index (χ2v) is 2.71. The number of aromatic nitrogens is 1. The zero-order valence-corrected chi connectivity index (χ0v) is 7.76. The van der Waals surface area contributed by atoms with Crippen LogP contribution in [0, 0.1) is 5.95 Å². The minimum atomic E-state index is -5.20. The molecule has 0 saturated heterocycles. The molecule has 0 fully saturated rings. The number of halogens is 6. The number of alkyl halides is 5. The predicted octanol–water partition coefficient (Wildman–Crippen LogP) is 2.87. The smallest absolute Gasteiger partial charge is 0.403 e. The van der Waals surface area contributed by atoms with Crippen LogP contribution in [-0.2, 0) is 0 Å². The Morgan fingerprint density at radius 2 is 1.94 bits per heavy atom. The van der Waals surface area contributed by atoms with Gasteiger partial charge in [-0.3, -0.25) is 4.79 Å². The highest BCUT2D eigenvalue weighted by Crippen LogP contribution is 2.32. The largest absolute Gasteiger partial charge is 0.573 e. The van der Waals surface area contributed by atoms with Crippen LogP contribution in [0.5, 0.6) is 5.75 Å². The van der Waals surface area contributed by atoms with Crippen molar-refractivity contribution in [3.8, 4) is 5.75 Å². The van der Waals surface area contributed by atoms with E-state index in [-0.39, 0.29) is 12.5 Å². The minimum absolute atomic E-state index is 0.207. The molecule has 0 atom stereocenters. The summed E-state index contributed by atoms with van der Waals surface area (Å²) >= 11 is 0. The Morgan fingerprint density at radius 1 is 1.35 bits per heavy atom. The van der Waals surface area contributed by atoms with Gasteiger partial charge in [-0.15, -0.1) is 13.2 Å². The van der Waals surface area contributed by atoms with E-state index in [1.54, 1.807) is 0 Å². The van der Waals surface area contributed by atoms with Crippen molar-refractivity contribution in [2.45, 2.75) is 12.8 Å². The third-order valence-electron chi connectivity index (χ3n) is 1.63. The van der Waals surface area contributed by atoms with Crippen LogP contribution in [0.15, 0.2) is 6.20 Å². The topological polar surface area (TPSA) is 39.2 Å². The first-order chi connectivity index (χ1) is 7.76. The van der Waals surface area contributed by atoms with Crippen molar-refractivity contribution < 1.29 is 35.9 Å². The van der Waals surface area contributed by atoms with Crippen LogP contribution in [-0.4, -0.2) is 17.6 Å². The summed E-state index contributed by atoms with van der Waals surface area (Å²) in [4.78, 5) is 13.1. The Morgan fingerprint density at radius 3 is 2.35 bits per heavy atom. The van der Waals surface area contributed by atoms with Gasteiger partial charge in [0.1, 0.15) is 0 Å². The van der Waals surface area contributed by atoms with Crippen molar-refractivity contribution in [3.63, 3.8) is 0 Å². The van der Waals surface area contributed by atoms with Gasteiger partial charge in [0, 0.05) is 0 Å². The van der Waals surface area contributed by atoms with E-state index in [4.69, 9.17) is 0 Å². The predicted molar refractivity (Wildman–Crippen MR) is 41.2 cm³/mol. The van der Waals surface area contributed by atoms with Gasteiger partial charge in [0.2, 0.25) is 5.95 Å². The zero-order chi connectivity index (χ0) is 13.2. The van der Waals surface area contributed by atoms with Gasteiger partial charge < -0.3 is 4.74 Å². The van der Waals surface area contributed by atoms with Gasteiger partial charge in [-0.25, -0.2) is 13.8 Å². The Kier molecular flexibility index (Phi) is 3.59. The van der Waals surface area contributed by atoms with E-state index in [1.165, 1.54) is 0 Å². The molecular formula is C8H3F6NO2. The maximum Gasteiger partial charge on any atom is 0.573 e. The number of pyridine rings is 1. The third kappa shape index (κ3) is 3.08. The van der Waals surface area contributed by atoms with E-state index >= 15 is 0 Å². The molecule has 0 aromatic carbocycles. The number of carbonyl (C=O) groups excluding carboxylic acids is 1. The van der Waals surface area contributed by atoms with Gasteiger partial charge in [-0.05, 0) is 0 Å². The zero-order valence-electron chi connectivity index (χ0n) is 7.76. The van der Waals surface area contributed by atoms with E-state index in [9.17, 15) is 31.1 Å². The van der Waals surface area contributed by atoms with Gasteiger partial charge in [0.25, 0.3) is 6.43 Å². The fraction of sp³-hybridized carbons (Fsp3) is 0.250. The lowest BCUT2D eigenvalue weighted by Gasteiger charge is -2.12. The van der Waals surface area contributed by atoms with Crippen molar-refractivity contribution in [1.82, 2.24) is 4.98 Å². The van der Waals surface area contributed by atoms with E-state index in [0.717, 1.165) is 0 Å². The summed E-state index contributed by atoms with van der Waals surface area (Å²) < 4.78 is 76.2. The average Bonchev–Trinajstić information content (AvgIpc) is 2.17. The van der Waals surface area contributed by atoms with Gasteiger partial charge >= 0.3 is 6.36 Å². The molecule has 0 unspecified atom stereocenters. The molecule has 1 rings (SSSR count). The first kappa shape index (κ1) is 13.3. The number of aldehydes is 1. The Labute approximate surface area is 90.0 Å². The van der Waals surface area contributed by atoms with Crippen molar-refractivity contribution in [1.29, 1.82) is 0 Å². The Bertz CT molecular complexity index is 431. The molecule has 1 heterocycles. The molecule has 0 radical (unpaired) electrons. The fourth-order valence-electron chi connectivity index (χ4n) is 1.03. The number of carbonyl (C=O) groups is 1. The molecule has 0 spiro atoms. The maximum atomic E-state index is 12.8. The number of nitrogens with zero attached hydrogens (tertiary/aromatic N) is 1. The van der Waals surface area contributed by atoms with E-state index in [0.29, 0.717) is 0 Å². The standard InChI is InChI=1S/C8H3F6NO2/c9-6(10)5-3(2-16)4(1-15-7(5)11)17-8(12,13)14/h1-2,6H. The van der Waals surface area contributed by atoms with Crippen LogP contribution in [0.3, 0.4) is 0 Å². The summed E-state index contributed by atoms with van der Waals surface area (Å²) in [6.45, 7) is 0. The molecule has 3 nitrogen and oxygen atoms in total. The lowest BCUT2D eigenvalue weighted by molar-refractivity contribution is -0.274. The van der Waals surface area contributed by atoms with Crippen molar-refractivity contribution in [3.05, 3.63) is 23.3 Å².